The number of nitrogens with zero attached hydrogens (tertiary/aromatic N) is 1. The number of sulfone groups is 1. The second-order valence-corrected chi connectivity index (χ2v) is 8.31. The van der Waals surface area contributed by atoms with Crippen molar-refractivity contribution in [3.63, 3.8) is 0 Å². The Labute approximate surface area is 163 Å². The van der Waals surface area contributed by atoms with Gasteiger partial charge in [0.1, 0.15) is 0 Å². The number of carbonyl (C=O) groups is 2. The molecule has 2 aromatic carbocycles. The summed E-state index contributed by atoms with van der Waals surface area (Å²) in [6.45, 7) is 3.23. The van der Waals surface area contributed by atoms with Gasteiger partial charge in [0.2, 0.25) is 0 Å². The first kappa shape index (κ1) is 21.1. The quantitative estimate of drug-likeness (QED) is 0.715. The molecule has 0 aliphatic rings. The van der Waals surface area contributed by atoms with Crippen LogP contribution in [0.25, 0.3) is 0 Å². The largest absolute Gasteiger partial charge is 0.453 e. The van der Waals surface area contributed by atoms with Gasteiger partial charge >= 0.3 is 5.97 Å². The molecule has 0 spiro atoms. The molecular weight excluding hydrogens is 380 g/mol. The van der Waals surface area contributed by atoms with Crippen molar-refractivity contribution < 1.29 is 22.7 Å². The fraction of sp³-hybridized carbons (Fsp3) is 0.250. The number of nitrogens with one attached hydrogen (secondary N) is 1. The highest BCUT2D eigenvalue weighted by atomic mass is 32.2. The fourth-order valence-electron chi connectivity index (χ4n) is 2.30. The predicted molar refractivity (Wildman–Crippen MR) is 103 cm³/mol. The molecule has 1 atom stereocenters. The highest BCUT2D eigenvalue weighted by Crippen LogP contribution is 2.14. The molecule has 0 heterocycles. The lowest BCUT2D eigenvalue weighted by atomic mass is 10.2. The van der Waals surface area contributed by atoms with Gasteiger partial charge in [0.05, 0.1) is 28.7 Å². The van der Waals surface area contributed by atoms with Crippen LogP contribution in [0.4, 0.5) is 5.69 Å². The molecule has 0 saturated carbocycles. The molecule has 28 heavy (non-hydrogen) atoms. The minimum Gasteiger partial charge on any atom is -0.453 e. The number of nitriles is 1. The molecular formula is C20H20N2O5S. The molecule has 0 radical (unpaired) electrons. The third kappa shape index (κ3) is 5.93. The number of benzene rings is 2. The number of aryl methyl sites for hydroxylation is 1. The highest BCUT2D eigenvalue weighted by Gasteiger charge is 2.21. The second-order valence-electron chi connectivity index (χ2n) is 6.20. The fourth-order valence-corrected chi connectivity index (χ4v) is 3.52. The first-order valence-electron chi connectivity index (χ1n) is 8.51. The zero-order valence-corrected chi connectivity index (χ0v) is 16.3. The second kappa shape index (κ2) is 9.15. The van der Waals surface area contributed by atoms with Crippen molar-refractivity contribution in [2.75, 3.05) is 11.1 Å². The van der Waals surface area contributed by atoms with Crippen LogP contribution in [-0.4, -0.2) is 32.2 Å². The van der Waals surface area contributed by atoms with Gasteiger partial charge in [-0.3, -0.25) is 9.59 Å². The molecule has 0 aromatic heterocycles. The van der Waals surface area contributed by atoms with E-state index in [1.807, 2.05) is 13.0 Å². The van der Waals surface area contributed by atoms with E-state index in [1.54, 1.807) is 30.3 Å². The van der Waals surface area contributed by atoms with Gasteiger partial charge in [-0.25, -0.2) is 8.42 Å². The maximum absolute atomic E-state index is 12.3. The Morgan fingerprint density at radius 1 is 1.18 bits per heavy atom. The first-order chi connectivity index (χ1) is 13.2. The number of anilines is 1. The summed E-state index contributed by atoms with van der Waals surface area (Å²) in [5, 5.41) is 11.4. The Morgan fingerprint density at radius 2 is 1.86 bits per heavy atom. The third-order valence-electron chi connectivity index (χ3n) is 3.89. The SMILES string of the molecule is Cc1ccc(S(=O)(=O)CCC(=O)O[C@@H](C)C(=O)Nc2cccc(C#N)c2)cc1. The summed E-state index contributed by atoms with van der Waals surface area (Å²) in [5.74, 6) is -1.78. The van der Waals surface area contributed by atoms with Crippen molar-refractivity contribution in [2.24, 2.45) is 0 Å². The Kier molecular flexibility index (Phi) is 6.90. The van der Waals surface area contributed by atoms with E-state index in [0.717, 1.165) is 5.56 Å². The monoisotopic (exact) mass is 400 g/mol. The van der Waals surface area contributed by atoms with E-state index in [-0.39, 0.29) is 11.3 Å². The van der Waals surface area contributed by atoms with E-state index in [0.29, 0.717) is 11.3 Å². The van der Waals surface area contributed by atoms with E-state index >= 15 is 0 Å². The lowest BCUT2D eigenvalue weighted by Gasteiger charge is -2.14. The lowest BCUT2D eigenvalue weighted by Crippen LogP contribution is -2.30. The number of esters is 1. The average molecular weight is 400 g/mol. The molecule has 146 valence electrons. The number of amides is 1. The van der Waals surface area contributed by atoms with Crippen LogP contribution in [0.1, 0.15) is 24.5 Å². The van der Waals surface area contributed by atoms with Gasteiger partial charge < -0.3 is 10.1 Å². The van der Waals surface area contributed by atoms with E-state index < -0.39 is 33.6 Å². The predicted octanol–water partition coefficient (Wildman–Crippen LogP) is 2.60. The van der Waals surface area contributed by atoms with Crippen molar-refractivity contribution in [3.05, 3.63) is 59.7 Å². The van der Waals surface area contributed by atoms with Gasteiger partial charge in [-0.2, -0.15) is 5.26 Å². The van der Waals surface area contributed by atoms with Gasteiger partial charge in [-0.15, -0.1) is 0 Å². The molecule has 1 amide bonds. The molecule has 0 saturated heterocycles. The van der Waals surface area contributed by atoms with Gasteiger partial charge in [-0.05, 0) is 44.2 Å². The summed E-state index contributed by atoms with van der Waals surface area (Å²) in [6, 6.07) is 14.6. The van der Waals surface area contributed by atoms with Crippen molar-refractivity contribution in [2.45, 2.75) is 31.3 Å². The minimum atomic E-state index is -3.62. The van der Waals surface area contributed by atoms with Gasteiger partial charge in [0, 0.05) is 5.69 Å². The summed E-state index contributed by atoms with van der Waals surface area (Å²) in [5.41, 5.74) is 1.70. The van der Waals surface area contributed by atoms with E-state index in [9.17, 15) is 18.0 Å². The van der Waals surface area contributed by atoms with Gasteiger partial charge in [-0.1, -0.05) is 23.8 Å². The highest BCUT2D eigenvalue weighted by molar-refractivity contribution is 7.91. The molecule has 2 rings (SSSR count). The van der Waals surface area contributed by atoms with Gasteiger partial charge in [0.25, 0.3) is 5.91 Å². The van der Waals surface area contributed by atoms with Crippen LogP contribution >= 0.6 is 0 Å². The Balaban J connectivity index is 1.88. The Hall–Kier alpha value is -3.18. The minimum absolute atomic E-state index is 0.133. The van der Waals surface area contributed by atoms with Crippen LogP contribution in [-0.2, 0) is 24.2 Å². The van der Waals surface area contributed by atoms with Crippen LogP contribution < -0.4 is 5.32 Å². The number of hydrogen-bond acceptors (Lipinski definition) is 6. The Bertz CT molecular complexity index is 1010. The van der Waals surface area contributed by atoms with Crippen LogP contribution in [0.15, 0.2) is 53.4 Å². The summed E-state index contributed by atoms with van der Waals surface area (Å²) in [7, 11) is -3.62. The van der Waals surface area contributed by atoms with Crippen LogP contribution in [0.3, 0.4) is 0 Å². The van der Waals surface area contributed by atoms with Crippen molar-refractivity contribution in [1.82, 2.24) is 0 Å². The van der Waals surface area contributed by atoms with Crippen molar-refractivity contribution >= 4 is 27.4 Å². The summed E-state index contributed by atoms with van der Waals surface area (Å²) in [6.07, 6.45) is -1.47. The number of ether oxygens (including phenoxy) is 1. The van der Waals surface area contributed by atoms with Gasteiger partial charge in [0.15, 0.2) is 15.9 Å². The number of carbonyl (C=O) groups excluding carboxylic acids is 2. The topological polar surface area (TPSA) is 113 Å². The van der Waals surface area contributed by atoms with E-state index in [1.165, 1.54) is 25.1 Å². The smallest absolute Gasteiger partial charge is 0.307 e. The zero-order chi connectivity index (χ0) is 20.7. The first-order valence-corrected chi connectivity index (χ1v) is 10.2. The van der Waals surface area contributed by atoms with Crippen LogP contribution in [0.5, 0.6) is 0 Å². The van der Waals surface area contributed by atoms with Crippen LogP contribution in [0.2, 0.25) is 0 Å². The third-order valence-corrected chi connectivity index (χ3v) is 5.62. The Morgan fingerprint density at radius 3 is 2.50 bits per heavy atom. The maximum atomic E-state index is 12.3. The zero-order valence-electron chi connectivity index (χ0n) is 15.5. The molecule has 0 fully saturated rings. The molecule has 8 heteroatoms. The number of rotatable bonds is 7. The number of hydrogen-bond donors (Lipinski definition) is 1. The standard InChI is InChI=1S/C20H20N2O5S/c1-14-6-8-18(9-7-14)28(25,26)11-10-19(23)27-15(2)20(24)22-17-5-3-4-16(12-17)13-21/h3-9,12,15H,10-11H2,1-2H3,(H,22,24)/t15-/m0/s1. The average Bonchev–Trinajstić information content (AvgIpc) is 2.67. The normalized spacial score (nSPS) is 11.9. The molecule has 0 bridgehead atoms. The summed E-state index contributed by atoms with van der Waals surface area (Å²) < 4.78 is 29.5. The van der Waals surface area contributed by atoms with E-state index in [2.05, 4.69) is 5.32 Å². The molecule has 0 aliphatic heterocycles. The molecule has 0 unspecified atom stereocenters. The molecule has 2 aromatic rings. The molecule has 0 aliphatic carbocycles. The maximum Gasteiger partial charge on any atom is 0.307 e. The van der Waals surface area contributed by atoms with E-state index in [4.69, 9.17) is 10.00 Å². The van der Waals surface area contributed by atoms with Crippen molar-refractivity contribution in [1.29, 1.82) is 5.26 Å². The lowest BCUT2D eigenvalue weighted by molar-refractivity contribution is -0.152. The van der Waals surface area contributed by atoms with Crippen molar-refractivity contribution in [3.8, 4) is 6.07 Å². The summed E-state index contributed by atoms with van der Waals surface area (Å²) in [4.78, 5) is 24.2. The summed E-state index contributed by atoms with van der Waals surface area (Å²) >= 11 is 0. The van der Waals surface area contributed by atoms with Crippen LogP contribution in [0, 0.1) is 18.3 Å². The molecule has 1 N–H and O–H groups in total. The molecule has 7 nitrogen and oxygen atoms in total.